The summed E-state index contributed by atoms with van der Waals surface area (Å²) in [5, 5.41) is 8.94. The average Bonchev–Trinajstić information content (AvgIpc) is 3.34. The molecule has 0 atom stereocenters. The Balaban J connectivity index is 1.62. The fraction of sp³-hybridized carbons (Fsp3) is 0.381. The summed E-state index contributed by atoms with van der Waals surface area (Å²) in [6.45, 7) is 2.83. The highest BCUT2D eigenvalue weighted by atomic mass is 16.7. The van der Waals surface area contributed by atoms with Gasteiger partial charge in [-0.3, -0.25) is 10.3 Å². The van der Waals surface area contributed by atoms with E-state index in [1.165, 1.54) is 19.3 Å². The van der Waals surface area contributed by atoms with Gasteiger partial charge in [-0.05, 0) is 38.0 Å². The number of hydrogen-bond acceptors (Lipinski definition) is 6. The first-order valence-corrected chi connectivity index (χ1v) is 9.98. The van der Waals surface area contributed by atoms with E-state index in [0.29, 0.717) is 0 Å². The van der Waals surface area contributed by atoms with Crippen LogP contribution in [0.1, 0.15) is 44.6 Å². The van der Waals surface area contributed by atoms with E-state index in [1.807, 2.05) is 35.3 Å². The second-order valence-corrected chi connectivity index (χ2v) is 7.47. The van der Waals surface area contributed by atoms with E-state index in [9.17, 15) is 0 Å². The highest BCUT2D eigenvalue weighted by molar-refractivity contribution is 5.97. The minimum Gasteiger partial charge on any atom is -0.339 e. The van der Waals surface area contributed by atoms with Crippen molar-refractivity contribution in [3.05, 3.63) is 48.4 Å². The van der Waals surface area contributed by atoms with E-state index in [2.05, 4.69) is 33.9 Å². The van der Waals surface area contributed by atoms with Crippen molar-refractivity contribution < 1.29 is 4.84 Å². The molecule has 4 heterocycles. The first-order valence-electron chi connectivity index (χ1n) is 9.98. The summed E-state index contributed by atoms with van der Waals surface area (Å²) in [4.78, 5) is 15.2. The zero-order valence-electron chi connectivity index (χ0n) is 16.0. The molecule has 1 saturated carbocycles. The molecular weight excluding hydrogens is 352 g/mol. The van der Waals surface area contributed by atoms with E-state index in [-0.39, 0.29) is 5.60 Å². The Morgan fingerprint density at radius 1 is 1.18 bits per heavy atom. The molecule has 0 bridgehead atoms. The molecule has 2 aliphatic rings. The van der Waals surface area contributed by atoms with E-state index < -0.39 is 0 Å². The Morgan fingerprint density at radius 2 is 2.07 bits per heavy atom. The molecular formula is C21H24N6O. The summed E-state index contributed by atoms with van der Waals surface area (Å²) in [5.41, 5.74) is 6.71. The number of aromatic nitrogens is 4. The quantitative estimate of drug-likeness (QED) is 0.712. The number of hydroxylamine groups is 1. The Kier molecular flexibility index (Phi) is 4.24. The molecule has 28 heavy (non-hydrogen) atoms. The zero-order valence-corrected chi connectivity index (χ0v) is 16.0. The van der Waals surface area contributed by atoms with Crippen molar-refractivity contribution in [2.24, 2.45) is 0 Å². The van der Waals surface area contributed by atoms with E-state index >= 15 is 0 Å². The molecule has 0 saturated heterocycles. The lowest BCUT2D eigenvalue weighted by molar-refractivity contribution is -0.0557. The molecule has 2 N–H and O–H groups in total. The van der Waals surface area contributed by atoms with E-state index in [0.717, 1.165) is 53.2 Å². The van der Waals surface area contributed by atoms with Crippen molar-refractivity contribution in [2.45, 2.75) is 51.2 Å². The predicted molar refractivity (Wildman–Crippen MR) is 109 cm³/mol. The Morgan fingerprint density at radius 3 is 2.86 bits per heavy atom. The van der Waals surface area contributed by atoms with Gasteiger partial charge in [0, 0.05) is 24.5 Å². The molecule has 7 heteroatoms. The van der Waals surface area contributed by atoms with Gasteiger partial charge in [-0.15, -0.1) is 0 Å². The number of hydrogen-bond donors (Lipinski definition) is 2. The maximum absolute atomic E-state index is 6.06. The van der Waals surface area contributed by atoms with Gasteiger partial charge < -0.3 is 5.32 Å². The van der Waals surface area contributed by atoms with Gasteiger partial charge in [0.15, 0.2) is 5.65 Å². The van der Waals surface area contributed by atoms with Crippen LogP contribution in [0.5, 0.6) is 0 Å². The van der Waals surface area contributed by atoms with Crippen molar-refractivity contribution in [1.29, 1.82) is 0 Å². The number of anilines is 2. The average molecular weight is 376 g/mol. The molecule has 0 unspecified atom stereocenters. The molecule has 3 aromatic rings. The maximum atomic E-state index is 6.06. The highest BCUT2D eigenvalue weighted by Crippen LogP contribution is 2.40. The van der Waals surface area contributed by atoms with Crippen LogP contribution in [0, 0.1) is 0 Å². The van der Waals surface area contributed by atoms with Gasteiger partial charge in [-0.2, -0.15) is 5.10 Å². The fourth-order valence-corrected chi connectivity index (χ4v) is 4.17. The van der Waals surface area contributed by atoms with Crippen LogP contribution in [-0.4, -0.2) is 25.3 Å². The van der Waals surface area contributed by atoms with Crippen molar-refractivity contribution in [2.75, 3.05) is 5.32 Å². The van der Waals surface area contributed by atoms with Gasteiger partial charge in [0.05, 0.1) is 23.0 Å². The van der Waals surface area contributed by atoms with E-state index in [4.69, 9.17) is 9.82 Å². The molecule has 5 rings (SSSR count). The topological polar surface area (TPSA) is 76.9 Å². The van der Waals surface area contributed by atoms with Crippen molar-refractivity contribution in [1.82, 2.24) is 25.2 Å². The summed E-state index contributed by atoms with van der Waals surface area (Å²) in [5.74, 6) is 0.785. The number of fused-ring (bicyclic) bond motifs is 1. The predicted octanol–water partition coefficient (Wildman–Crippen LogP) is 4.17. The Bertz CT molecular complexity index is 1020. The van der Waals surface area contributed by atoms with Crippen LogP contribution >= 0.6 is 0 Å². The van der Waals surface area contributed by atoms with Gasteiger partial charge in [0.25, 0.3) is 0 Å². The zero-order chi connectivity index (χ0) is 19.0. The SMILES string of the molecule is CCn1ncc2c(Nc3ccccn3)c(C3=CC4(CCCCC4)ON3)cnc21. The smallest absolute Gasteiger partial charge is 0.159 e. The molecule has 1 aliphatic carbocycles. The number of pyridine rings is 2. The molecule has 1 spiro atoms. The van der Waals surface area contributed by atoms with Gasteiger partial charge >= 0.3 is 0 Å². The van der Waals surface area contributed by atoms with Crippen LogP contribution in [0.4, 0.5) is 11.5 Å². The summed E-state index contributed by atoms with van der Waals surface area (Å²) < 4.78 is 1.90. The number of rotatable bonds is 4. The molecule has 1 aliphatic heterocycles. The van der Waals surface area contributed by atoms with Crippen molar-refractivity contribution >= 4 is 28.2 Å². The summed E-state index contributed by atoms with van der Waals surface area (Å²) in [6.07, 6.45) is 13.6. The first kappa shape index (κ1) is 17.2. The normalized spacial score (nSPS) is 18.2. The molecule has 3 aromatic heterocycles. The van der Waals surface area contributed by atoms with Crippen molar-refractivity contribution in [3.63, 3.8) is 0 Å². The third-order valence-corrected chi connectivity index (χ3v) is 5.65. The minimum absolute atomic E-state index is 0.196. The molecule has 144 valence electrons. The summed E-state index contributed by atoms with van der Waals surface area (Å²) >= 11 is 0. The third kappa shape index (κ3) is 2.92. The minimum atomic E-state index is -0.196. The number of nitrogens with zero attached hydrogens (tertiary/aromatic N) is 4. The second kappa shape index (κ2) is 6.91. The summed E-state index contributed by atoms with van der Waals surface area (Å²) in [6, 6.07) is 5.83. The molecule has 1 fully saturated rings. The Labute approximate surface area is 163 Å². The van der Waals surface area contributed by atoms with Crippen LogP contribution in [0.2, 0.25) is 0 Å². The largest absolute Gasteiger partial charge is 0.339 e. The fourth-order valence-electron chi connectivity index (χ4n) is 4.17. The van der Waals surface area contributed by atoms with Crippen LogP contribution in [0.3, 0.4) is 0 Å². The molecule has 0 radical (unpaired) electrons. The van der Waals surface area contributed by atoms with Crippen LogP contribution in [0.25, 0.3) is 16.7 Å². The molecule has 7 nitrogen and oxygen atoms in total. The van der Waals surface area contributed by atoms with Gasteiger partial charge in [-0.25, -0.2) is 14.6 Å². The van der Waals surface area contributed by atoms with Gasteiger partial charge in [-0.1, -0.05) is 25.3 Å². The van der Waals surface area contributed by atoms with Gasteiger partial charge in [0.2, 0.25) is 0 Å². The van der Waals surface area contributed by atoms with Crippen molar-refractivity contribution in [3.8, 4) is 0 Å². The number of nitrogens with one attached hydrogen (secondary N) is 2. The summed E-state index contributed by atoms with van der Waals surface area (Å²) in [7, 11) is 0. The number of aryl methyl sites for hydroxylation is 1. The van der Waals surface area contributed by atoms with Crippen LogP contribution in [0.15, 0.2) is 42.9 Å². The lowest BCUT2D eigenvalue weighted by Crippen LogP contribution is -2.31. The first-order chi connectivity index (χ1) is 13.8. The highest BCUT2D eigenvalue weighted by Gasteiger charge is 2.37. The molecule has 0 aromatic carbocycles. The van der Waals surface area contributed by atoms with Crippen LogP contribution in [-0.2, 0) is 11.4 Å². The standard InChI is InChI=1S/C21H24N6O/c1-2-27-20-16(14-24-27)19(25-18-8-4-7-11-22-18)15(13-23-20)17-12-21(28-26-17)9-5-3-6-10-21/h4,7-8,11-14,26H,2-3,5-6,9-10H2,1H3,(H,22,23,25). The Hall–Kier alpha value is -2.93. The second-order valence-electron chi connectivity index (χ2n) is 7.47. The van der Waals surface area contributed by atoms with E-state index in [1.54, 1.807) is 6.20 Å². The maximum Gasteiger partial charge on any atom is 0.159 e. The lowest BCUT2D eigenvalue weighted by Gasteiger charge is -2.29. The van der Waals surface area contributed by atoms with Crippen LogP contribution < -0.4 is 10.8 Å². The van der Waals surface area contributed by atoms with Gasteiger partial charge in [0.1, 0.15) is 11.4 Å². The lowest BCUT2D eigenvalue weighted by atomic mass is 9.84. The molecule has 0 amide bonds. The third-order valence-electron chi connectivity index (χ3n) is 5.65. The monoisotopic (exact) mass is 376 g/mol.